The van der Waals surface area contributed by atoms with Crippen LogP contribution >= 0.6 is 0 Å². The Kier molecular flexibility index (Phi) is 3.85. The molecule has 3 saturated heterocycles. The summed E-state index contributed by atoms with van der Waals surface area (Å²) in [5.74, 6) is 1.78. The second kappa shape index (κ2) is 6.00. The second-order valence-corrected chi connectivity index (χ2v) is 6.95. The number of nitrogens with zero attached hydrogens (tertiary/aromatic N) is 2. The summed E-state index contributed by atoms with van der Waals surface area (Å²) in [5.41, 5.74) is 2.32. The van der Waals surface area contributed by atoms with Crippen molar-refractivity contribution in [1.82, 2.24) is 9.80 Å². The summed E-state index contributed by atoms with van der Waals surface area (Å²) < 4.78 is 5.52. The van der Waals surface area contributed by atoms with Crippen molar-refractivity contribution >= 4 is 12.0 Å². The fourth-order valence-corrected chi connectivity index (χ4v) is 4.13. The van der Waals surface area contributed by atoms with Gasteiger partial charge in [0.1, 0.15) is 5.75 Å². The first-order valence-electron chi connectivity index (χ1n) is 8.63. The molecule has 23 heavy (non-hydrogen) atoms. The van der Waals surface area contributed by atoms with Crippen LogP contribution in [0.1, 0.15) is 24.0 Å². The summed E-state index contributed by atoms with van der Waals surface area (Å²) in [6.07, 6.45) is 7.08. The molecule has 0 aromatic heterocycles. The lowest BCUT2D eigenvalue weighted by atomic mass is 9.83. The number of hydrogen-bond donors (Lipinski definition) is 0. The van der Waals surface area contributed by atoms with E-state index >= 15 is 0 Å². The Hall–Kier alpha value is -1.81. The Bertz CT molecular complexity index is 632. The van der Waals surface area contributed by atoms with E-state index < -0.39 is 0 Å². The van der Waals surface area contributed by atoms with Gasteiger partial charge in [0.2, 0.25) is 5.91 Å². The second-order valence-electron chi connectivity index (χ2n) is 6.95. The Morgan fingerprint density at radius 1 is 1.35 bits per heavy atom. The van der Waals surface area contributed by atoms with Crippen molar-refractivity contribution in [3.8, 4) is 5.75 Å². The topological polar surface area (TPSA) is 32.8 Å². The van der Waals surface area contributed by atoms with Gasteiger partial charge in [-0.25, -0.2) is 0 Å². The zero-order chi connectivity index (χ0) is 15.8. The van der Waals surface area contributed by atoms with Gasteiger partial charge in [-0.2, -0.15) is 0 Å². The van der Waals surface area contributed by atoms with Gasteiger partial charge in [0, 0.05) is 32.1 Å². The van der Waals surface area contributed by atoms with Crippen LogP contribution in [0.25, 0.3) is 6.08 Å². The number of piperidine rings is 3. The molecule has 5 rings (SSSR count). The maximum atomic E-state index is 12.5. The molecule has 0 radical (unpaired) electrons. The third-order valence-corrected chi connectivity index (χ3v) is 5.60. The summed E-state index contributed by atoms with van der Waals surface area (Å²) in [6, 6.07) is 6.52. The van der Waals surface area contributed by atoms with Crippen LogP contribution in [-0.2, 0) is 11.2 Å². The van der Waals surface area contributed by atoms with Crippen molar-refractivity contribution in [3.05, 3.63) is 35.4 Å². The average molecular weight is 312 g/mol. The third-order valence-electron chi connectivity index (χ3n) is 5.60. The van der Waals surface area contributed by atoms with Crippen molar-refractivity contribution in [2.75, 3.05) is 33.3 Å². The number of likely N-dealkylation sites (N-methyl/N-ethyl adjacent to an activating group) is 1. The highest BCUT2D eigenvalue weighted by Crippen LogP contribution is 2.30. The highest BCUT2D eigenvalue weighted by atomic mass is 16.5. The first kappa shape index (κ1) is 14.8. The molecule has 0 spiro atoms. The molecular formula is C19H24N2O2. The summed E-state index contributed by atoms with van der Waals surface area (Å²) in [5, 5.41) is 0. The van der Waals surface area contributed by atoms with Crippen LogP contribution in [0.3, 0.4) is 0 Å². The molecule has 1 aromatic rings. The molecule has 4 aliphatic heterocycles. The molecule has 1 amide bonds. The number of amides is 1. The van der Waals surface area contributed by atoms with E-state index in [0.29, 0.717) is 12.0 Å². The van der Waals surface area contributed by atoms with Gasteiger partial charge < -0.3 is 14.5 Å². The van der Waals surface area contributed by atoms with Crippen LogP contribution in [0.4, 0.5) is 0 Å². The molecule has 4 heterocycles. The molecule has 0 saturated carbocycles. The van der Waals surface area contributed by atoms with E-state index in [1.807, 2.05) is 30.2 Å². The minimum atomic E-state index is 0.112. The first-order chi connectivity index (χ1) is 11.2. The maximum Gasteiger partial charge on any atom is 0.246 e. The lowest BCUT2D eigenvalue weighted by molar-refractivity contribution is -0.130. The lowest BCUT2D eigenvalue weighted by Gasteiger charge is -2.47. The van der Waals surface area contributed by atoms with Gasteiger partial charge in [0.25, 0.3) is 0 Å². The molecule has 1 unspecified atom stereocenters. The van der Waals surface area contributed by atoms with Crippen molar-refractivity contribution in [2.24, 2.45) is 5.92 Å². The summed E-state index contributed by atoms with van der Waals surface area (Å²) in [4.78, 5) is 17.0. The fraction of sp³-hybridized carbons (Fsp3) is 0.526. The molecule has 4 nitrogen and oxygen atoms in total. The minimum absolute atomic E-state index is 0.112. The van der Waals surface area contributed by atoms with E-state index in [4.69, 9.17) is 4.74 Å². The molecule has 2 bridgehead atoms. The lowest BCUT2D eigenvalue weighted by Crippen LogP contribution is -2.57. The smallest absolute Gasteiger partial charge is 0.246 e. The van der Waals surface area contributed by atoms with Crippen LogP contribution in [0.15, 0.2) is 24.3 Å². The maximum absolute atomic E-state index is 12.5. The summed E-state index contributed by atoms with van der Waals surface area (Å²) >= 11 is 0. The van der Waals surface area contributed by atoms with E-state index in [9.17, 15) is 4.79 Å². The van der Waals surface area contributed by atoms with Crippen molar-refractivity contribution < 1.29 is 9.53 Å². The molecule has 3 fully saturated rings. The summed E-state index contributed by atoms with van der Waals surface area (Å²) in [7, 11) is 1.95. The fourth-order valence-electron chi connectivity index (χ4n) is 4.13. The standard InChI is InChI=1S/C19H24N2O2/c1-20(17-13-21-9-6-15(17)7-10-21)19(22)5-3-14-2-4-18-16(12-14)8-11-23-18/h2-5,12,15,17H,6-11,13H2,1H3/b5-3+. The Labute approximate surface area is 137 Å². The van der Waals surface area contributed by atoms with Gasteiger partial charge >= 0.3 is 0 Å². The highest BCUT2D eigenvalue weighted by Gasteiger charge is 2.37. The molecule has 0 aliphatic carbocycles. The first-order valence-corrected chi connectivity index (χ1v) is 8.63. The average Bonchev–Trinajstić information content (AvgIpc) is 3.07. The minimum Gasteiger partial charge on any atom is -0.493 e. The van der Waals surface area contributed by atoms with Crippen LogP contribution in [0.2, 0.25) is 0 Å². The normalized spacial score (nSPS) is 28.7. The highest BCUT2D eigenvalue weighted by molar-refractivity contribution is 5.92. The molecule has 4 heteroatoms. The van der Waals surface area contributed by atoms with Gasteiger partial charge in [-0.05, 0) is 61.2 Å². The number of ether oxygens (including phenoxy) is 1. The van der Waals surface area contributed by atoms with Gasteiger partial charge in [0.05, 0.1) is 6.61 Å². The van der Waals surface area contributed by atoms with Crippen LogP contribution in [-0.4, -0.2) is 55.0 Å². The van der Waals surface area contributed by atoms with E-state index in [2.05, 4.69) is 11.0 Å². The monoisotopic (exact) mass is 312 g/mol. The van der Waals surface area contributed by atoms with Crippen molar-refractivity contribution in [1.29, 1.82) is 0 Å². The molecule has 1 atom stereocenters. The SMILES string of the molecule is CN(C(=O)/C=C/c1ccc2c(c1)CCO2)C1CN2CCC1CC2. The third kappa shape index (κ3) is 2.88. The number of benzene rings is 1. The Morgan fingerprint density at radius 3 is 2.91 bits per heavy atom. The predicted molar refractivity (Wildman–Crippen MR) is 90.4 cm³/mol. The quantitative estimate of drug-likeness (QED) is 0.802. The van der Waals surface area contributed by atoms with E-state index in [1.54, 1.807) is 6.08 Å². The van der Waals surface area contributed by atoms with E-state index in [1.165, 1.54) is 31.5 Å². The van der Waals surface area contributed by atoms with Crippen LogP contribution in [0, 0.1) is 5.92 Å². The Morgan fingerprint density at radius 2 is 2.17 bits per heavy atom. The van der Waals surface area contributed by atoms with Gasteiger partial charge in [-0.1, -0.05) is 6.07 Å². The van der Waals surface area contributed by atoms with Gasteiger partial charge in [-0.15, -0.1) is 0 Å². The molecule has 1 aromatic carbocycles. The molecular weight excluding hydrogens is 288 g/mol. The van der Waals surface area contributed by atoms with E-state index in [0.717, 1.165) is 30.9 Å². The number of hydrogen-bond acceptors (Lipinski definition) is 3. The Balaban J connectivity index is 1.43. The summed E-state index contributed by atoms with van der Waals surface area (Å²) in [6.45, 7) is 4.22. The largest absolute Gasteiger partial charge is 0.493 e. The number of rotatable bonds is 3. The zero-order valence-corrected chi connectivity index (χ0v) is 13.7. The van der Waals surface area contributed by atoms with Gasteiger partial charge in [0.15, 0.2) is 0 Å². The van der Waals surface area contributed by atoms with Crippen molar-refractivity contribution in [2.45, 2.75) is 25.3 Å². The van der Waals surface area contributed by atoms with Gasteiger partial charge in [-0.3, -0.25) is 4.79 Å². The van der Waals surface area contributed by atoms with E-state index in [-0.39, 0.29) is 5.91 Å². The number of fused-ring (bicyclic) bond motifs is 4. The zero-order valence-electron chi connectivity index (χ0n) is 13.7. The number of carbonyl (C=O) groups is 1. The number of carbonyl (C=O) groups excluding carboxylic acids is 1. The van der Waals surface area contributed by atoms with Crippen LogP contribution in [0.5, 0.6) is 5.75 Å². The molecule has 4 aliphatic rings. The molecule has 122 valence electrons. The molecule has 0 N–H and O–H groups in total. The van der Waals surface area contributed by atoms with Crippen molar-refractivity contribution in [3.63, 3.8) is 0 Å². The van der Waals surface area contributed by atoms with Crippen LogP contribution < -0.4 is 4.74 Å². The predicted octanol–water partition coefficient (Wildman–Crippen LogP) is 2.19.